The molecule has 2 aromatic rings. The lowest BCUT2D eigenvalue weighted by atomic mass is 10.2. The summed E-state index contributed by atoms with van der Waals surface area (Å²) in [7, 11) is 2.18. The van der Waals surface area contributed by atoms with Gasteiger partial charge < -0.3 is 19.3 Å². The Morgan fingerprint density at radius 3 is 2.29 bits per heavy atom. The SMILES string of the molecule is CN1CCN(CCN2c3ccccc3OCOc3ccc(Cl)cc32)CC1.Cl.Cl. The Morgan fingerprint density at radius 2 is 1.54 bits per heavy atom. The van der Waals surface area contributed by atoms with Crippen molar-refractivity contribution < 1.29 is 9.47 Å². The zero-order chi connectivity index (χ0) is 17.9. The van der Waals surface area contributed by atoms with Gasteiger partial charge in [0.15, 0.2) is 0 Å². The first-order valence-electron chi connectivity index (χ1n) is 9.03. The van der Waals surface area contributed by atoms with Crippen molar-refractivity contribution in [1.82, 2.24) is 9.80 Å². The van der Waals surface area contributed by atoms with Gasteiger partial charge in [0.1, 0.15) is 11.5 Å². The summed E-state index contributed by atoms with van der Waals surface area (Å²) in [5.74, 6) is 1.62. The maximum Gasteiger partial charge on any atom is 0.231 e. The minimum Gasteiger partial charge on any atom is -0.455 e. The molecule has 0 N–H and O–H groups in total. The Kier molecular flexibility index (Phi) is 8.53. The number of fused-ring (bicyclic) bond motifs is 2. The van der Waals surface area contributed by atoms with Gasteiger partial charge in [-0.05, 0) is 37.4 Å². The number of anilines is 2. The molecule has 0 radical (unpaired) electrons. The smallest absolute Gasteiger partial charge is 0.231 e. The summed E-state index contributed by atoms with van der Waals surface area (Å²) in [5.41, 5.74) is 2.04. The number of hydrogen-bond acceptors (Lipinski definition) is 5. The molecule has 1 fully saturated rings. The largest absolute Gasteiger partial charge is 0.455 e. The van der Waals surface area contributed by atoms with Gasteiger partial charge in [-0.25, -0.2) is 0 Å². The molecule has 2 heterocycles. The van der Waals surface area contributed by atoms with Crippen molar-refractivity contribution in [3.63, 3.8) is 0 Å². The average Bonchev–Trinajstić information content (AvgIpc) is 2.64. The van der Waals surface area contributed by atoms with Crippen LogP contribution < -0.4 is 14.4 Å². The summed E-state index contributed by atoms with van der Waals surface area (Å²) in [4.78, 5) is 7.14. The highest BCUT2D eigenvalue weighted by atomic mass is 35.5. The standard InChI is InChI=1S/C20H24ClN3O2.2ClH/c1-22-8-10-23(11-9-22)12-13-24-17-4-2-3-5-19(17)25-15-26-20-7-6-16(21)14-18(20)24;;/h2-7,14H,8-13,15H2,1H3;2*1H. The van der Waals surface area contributed by atoms with E-state index in [4.69, 9.17) is 21.1 Å². The van der Waals surface area contributed by atoms with Crippen LogP contribution in [0.4, 0.5) is 11.4 Å². The van der Waals surface area contributed by atoms with Crippen LogP contribution in [0, 0.1) is 0 Å². The van der Waals surface area contributed by atoms with Gasteiger partial charge in [0.25, 0.3) is 0 Å². The lowest BCUT2D eigenvalue weighted by molar-refractivity contribution is 0.118. The van der Waals surface area contributed by atoms with Crippen LogP contribution in [0.5, 0.6) is 11.5 Å². The molecule has 1 saturated heterocycles. The predicted molar refractivity (Wildman–Crippen MR) is 119 cm³/mol. The highest BCUT2D eigenvalue weighted by Gasteiger charge is 2.23. The van der Waals surface area contributed by atoms with Gasteiger partial charge in [0.2, 0.25) is 6.79 Å². The molecule has 0 saturated carbocycles. The van der Waals surface area contributed by atoms with Crippen LogP contribution in [-0.4, -0.2) is 62.9 Å². The lowest BCUT2D eigenvalue weighted by Crippen LogP contribution is -2.46. The van der Waals surface area contributed by atoms with E-state index >= 15 is 0 Å². The monoisotopic (exact) mass is 445 g/mol. The Hall–Kier alpha value is -1.37. The van der Waals surface area contributed by atoms with Gasteiger partial charge in [-0.1, -0.05) is 23.7 Å². The second kappa shape index (κ2) is 10.4. The first-order valence-corrected chi connectivity index (χ1v) is 9.41. The summed E-state index contributed by atoms with van der Waals surface area (Å²) in [6.07, 6.45) is 0. The van der Waals surface area contributed by atoms with Gasteiger partial charge in [0.05, 0.1) is 11.4 Å². The Balaban J connectivity index is 0.00000140. The van der Waals surface area contributed by atoms with E-state index < -0.39 is 0 Å². The summed E-state index contributed by atoms with van der Waals surface area (Å²) in [6.45, 7) is 6.45. The molecule has 28 heavy (non-hydrogen) atoms. The molecule has 0 amide bonds. The molecule has 0 aromatic heterocycles. The first-order chi connectivity index (χ1) is 12.7. The molecule has 2 aliphatic rings. The molecule has 2 aromatic carbocycles. The minimum absolute atomic E-state index is 0. The highest BCUT2D eigenvalue weighted by molar-refractivity contribution is 6.31. The van der Waals surface area contributed by atoms with Crippen molar-refractivity contribution >= 4 is 47.8 Å². The second-order valence-electron chi connectivity index (χ2n) is 6.78. The molecule has 4 rings (SSSR count). The third-order valence-electron chi connectivity index (χ3n) is 5.03. The molecule has 0 unspecified atom stereocenters. The Bertz CT molecular complexity index is 770. The van der Waals surface area contributed by atoms with E-state index in [1.165, 1.54) is 0 Å². The number of rotatable bonds is 3. The summed E-state index contributed by atoms with van der Waals surface area (Å²) in [5, 5.41) is 0.705. The Morgan fingerprint density at radius 1 is 0.857 bits per heavy atom. The number of nitrogens with zero attached hydrogens (tertiary/aromatic N) is 3. The number of likely N-dealkylation sites (N-methyl/N-ethyl adjacent to an activating group) is 1. The van der Waals surface area contributed by atoms with Crippen molar-refractivity contribution in [3.8, 4) is 11.5 Å². The van der Waals surface area contributed by atoms with Crippen LogP contribution >= 0.6 is 36.4 Å². The molecule has 0 bridgehead atoms. The summed E-state index contributed by atoms with van der Waals surface area (Å²) in [6, 6.07) is 13.8. The third-order valence-corrected chi connectivity index (χ3v) is 5.27. The van der Waals surface area contributed by atoms with Crippen molar-refractivity contribution in [2.75, 3.05) is 58.0 Å². The van der Waals surface area contributed by atoms with E-state index in [1.54, 1.807) is 0 Å². The zero-order valence-corrected chi connectivity index (χ0v) is 18.2. The van der Waals surface area contributed by atoms with E-state index in [1.807, 2.05) is 36.4 Å². The summed E-state index contributed by atoms with van der Waals surface area (Å²) < 4.78 is 11.7. The van der Waals surface area contributed by atoms with Crippen LogP contribution in [0.2, 0.25) is 5.02 Å². The van der Waals surface area contributed by atoms with E-state index in [0.717, 1.165) is 62.1 Å². The van der Waals surface area contributed by atoms with Crippen LogP contribution in [0.25, 0.3) is 0 Å². The van der Waals surface area contributed by atoms with E-state index in [-0.39, 0.29) is 31.6 Å². The van der Waals surface area contributed by atoms with Gasteiger partial charge in [-0.2, -0.15) is 0 Å². The second-order valence-corrected chi connectivity index (χ2v) is 7.22. The summed E-state index contributed by atoms with van der Waals surface area (Å²) >= 11 is 6.30. The molecular formula is C20H26Cl3N3O2. The van der Waals surface area contributed by atoms with Crippen molar-refractivity contribution in [1.29, 1.82) is 0 Å². The highest BCUT2D eigenvalue weighted by Crippen LogP contribution is 2.41. The van der Waals surface area contributed by atoms with Gasteiger partial charge >= 0.3 is 0 Å². The average molecular weight is 447 g/mol. The van der Waals surface area contributed by atoms with Crippen molar-refractivity contribution in [2.45, 2.75) is 0 Å². The fraction of sp³-hybridized carbons (Fsp3) is 0.400. The van der Waals surface area contributed by atoms with Gasteiger partial charge in [-0.15, -0.1) is 24.8 Å². The molecule has 154 valence electrons. The minimum atomic E-state index is 0. The third kappa shape index (κ3) is 5.16. The van der Waals surface area contributed by atoms with Crippen LogP contribution in [-0.2, 0) is 0 Å². The normalized spacial score (nSPS) is 16.9. The fourth-order valence-corrected chi connectivity index (χ4v) is 3.63. The molecule has 2 aliphatic heterocycles. The first kappa shape index (κ1) is 22.9. The molecule has 0 aliphatic carbocycles. The quantitative estimate of drug-likeness (QED) is 0.701. The van der Waals surface area contributed by atoms with Crippen molar-refractivity contribution in [3.05, 3.63) is 47.5 Å². The maximum absolute atomic E-state index is 6.30. The number of piperazine rings is 1. The van der Waals surface area contributed by atoms with Crippen LogP contribution in [0.3, 0.4) is 0 Å². The zero-order valence-electron chi connectivity index (χ0n) is 15.8. The Labute approximate surface area is 184 Å². The maximum atomic E-state index is 6.30. The van der Waals surface area contributed by atoms with E-state index in [0.29, 0.717) is 5.02 Å². The molecular weight excluding hydrogens is 421 g/mol. The molecule has 0 spiro atoms. The number of ether oxygens (including phenoxy) is 2. The van der Waals surface area contributed by atoms with Crippen molar-refractivity contribution in [2.24, 2.45) is 0 Å². The lowest BCUT2D eigenvalue weighted by Gasteiger charge is -2.36. The van der Waals surface area contributed by atoms with E-state index in [9.17, 15) is 0 Å². The van der Waals surface area contributed by atoms with E-state index in [2.05, 4.69) is 27.8 Å². The molecule has 8 heteroatoms. The molecule has 5 nitrogen and oxygen atoms in total. The topological polar surface area (TPSA) is 28.2 Å². The van der Waals surface area contributed by atoms with Gasteiger partial charge in [-0.3, -0.25) is 4.90 Å². The van der Waals surface area contributed by atoms with Crippen LogP contribution in [0.15, 0.2) is 42.5 Å². The van der Waals surface area contributed by atoms with Crippen LogP contribution in [0.1, 0.15) is 0 Å². The molecule has 0 atom stereocenters. The van der Waals surface area contributed by atoms with Gasteiger partial charge in [0, 0.05) is 44.3 Å². The number of benzene rings is 2. The number of hydrogen-bond donors (Lipinski definition) is 0. The predicted octanol–water partition coefficient (Wildman–Crippen LogP) is 4.30. The number of para-hydroxylation sites is 2. The fourth-order valence-electron chi connectivity index (χ4n) is 3.47. The number of halogens is 3.